The van der Waals surface area contributed by atoms with Crippen LogP contribution in [0.4, 0.5) is 9.18 Å². The molecule has 1 amide bonds. The molecular formula is C12H14FN3O. The summed E-state index contributed by atoms with van der Waals surface area (Å²) in [5.74, 6) is -0.374. The van der Waals surface area contributed by atoms with Gasteiger partial charge in [-0.3, -0.25) is 4.57 Å². The van der Waals surface area contributed by atoms with Crippen molar-refractivity contribution in [3.8, 4) is 0 Å². The number of carbonyl (C=O) groups excluding carboxylic acids is 1. The fourth-order valence-corrected chi connectivity index (χ4v) is 1.60. The van der Waals surface area contributed by atoms with Crippen LogP contribution in [-0.2, 0) is 0 Å². The molecule has 5 heteroatoms. The summed E-state index contributed by atoms with van der Waals surface area (Å²) in [6.07, 6.45) is 3.34. The molecule has 90 valence electrons. The van der Waals surface area contributed by atoms with Crippen molar-refractivity contribution in [2.45, 2.75) is 19.8 Å². The minimum absolute atomic E-state index is 0.272. The molecule has 1 aromatic carbocycles. The van der Waals surface area contributed by atoms with E-state index in [0.29, 0.717) is 17.6 Å². The van der Waals surface area contributed by atoms with Gasteiger partial charge in [0.2, 0.25) is 0 Å². The lowest BCUT2D eigenvalue weighted by Gasteiger charge is -2.05. The van der Waals surface area contributed by atoms with E-state index < -0.39 is 0 Å². The molecule has 17 heavy (non-hydrogen) atoms. The molecule has 0 saturated carbocycles. The molecule has 0 fully saturated rings. The topological polar surface area (TPSA) is 46.9 Å². The van der Waals surface area contributed by atoms with Crippen LogP contribution in [0.5, 0.6) is 0 Å². The van der Waals surface area contributed by atoms with Crippen LogP contribution >= 0.6 is 0 Å². The average Bonchev–Trinajstić information content (AvgIpc) is 2.72. The molecule has 0 aliphatic carbocycles. The summed E-state index contributed by atoms with van der Waals surface area (Å²) in [6.45, 7) is 2.67. The monoisotopic (exact) mass is 235 g/mol. The van der Waals surface area contributed by atoms with Crippen molar-refractivity contribution in [2.75, 3.05) is 6.54 Å². The van der Waals surface area contributed by atoms with Gasteiger partial charge in [-0.05, 0) is 18.6 Å². The maximum absolute atomic E-state index is 13.1. The van der Waals surface area contributed by atoms with Crippen molar-refractivity contribution in [1.82, 2.24) is 14.9 Å². The minimum atomic E-state index is -0.374. The van der Waals surface area contributed by atoms with E-state index in [9.17, 15) is 9.18 Å². The zero-order valence-corrected chi connectivity index (χ0v) is 9.61. The van der Waals surface area contributed by atoms with Crippen LogP contribution in [0.1, 0.15) is 19.8 Å². The quantitative estimate of drug-likeness (QED) is 0.831. The Balaban J connectivity index is 2.23. The second-order valence-corrected chi connectivity index (χ2v) is 3.83. The van der Waals surface area contributed by atoms with E-state index in [1.54, 1.807) is 6.07 Å². The number of hydrogen-bond donors (Lipinski definition) is 1. The van der Waals surface area contributed by atoms with E-state index in [1.165, 1.54) is 23.0 Å². The molecule has 0 aliphatic rings. The molecular weight excluding hydrogens is 221 g/mol. The first kappa shape index (κ1) is 11.6. The SMILES string of the molecule is CCCCNC(=O)n1cnc2ccc(F)cc21. The van der Waals surface area contributed by atoms with Gasteiger partial charge in [0.05, 0.1) is 11.0 Å². The number of halogens is 1. The Morgan fingerprint density at radius 3 is 3.12 bits per heavy atom. The van der Waals surface area contributed by atoms with Crippen LogP contribution in [0.2, 0.25) is 0 Å². The van der Waals surface area contributed by atoms with Crippen LogP contribution in [-0.4, -0.2) is 22.1 Å². The molecule has 0 spiro atoms. The second kappa shape index (κ2) is 4.95. The number of hydrogen-bond acceptors (Lipinski definition) is 2. The Morgan fingerprint density at radius 1 is 1.53 bits per heavy atom. The largest absolute Gasteiger partial charge is 0.337 e. The Hall–Kier alpha value is -1.91. The van der Waals surface area contributed by atoms with Crippen molar-refractivity contribution < 1.29 is 9.18 Å². The number of rotatable bonds is 3. The molecule has 1 heterocycles. The highest BCUT2D eigenvalue weighted by atomic mass is 19.1. The van der Waals surface area contributed by atoms with Gasteiger partial charge in [-0.1, -0.05) is 13.3 Å². The number of benzene rings is 1. The average molecular weight is 235 g/mol. The van der Waals surface area contributed by atoms with E-state index in [4.69, 9.17) is 0 Å². The molecule has 4 nitrogen and oxygen atoms in total. The molecule has 2 rings (SSSR count). The van der Waals surface area contributed by atoms with Gasteiger partial charge in [-0.15, -0.1) is 0 Å². The van der Waals surface area contributed by atoms with Gasteiger partial charge < -0.3 is 5.32 Å². The van der Waals surface area contributed by atoms with E-state index >= 15 is 0 Å². The summed E-state index contributed by atoms with van der Waals surface area (Å²) in [4.78, 5) is 15.8. The number of unbranched alkanes of at least 4 members (excludes halogenated alkanes) is 1. The molecule has 0 unspecified atom stereocenters. The second-order valence-electron chi connectivity index (χ2n) is 3.83. The predicted molar refractivity (Wildman–Crippen MR) is 63.4 cm³/mol. The Morgan fingerprint density at radius 2 is 2.35 bits per heavy atom. The van der Waals surface area contributed by atoms with E-state index in [1.807, 2.05) is 6.92 Å². The van der Waals surface area contributed by atoms with Gasteiger partial charge in [-0.2, -0.15) is 0 Å². The number of nitrogens with zero attached hydrogens (tertiary/aromatic N) is 2. The number of imidazole rings is 1. The van der Waals surface area contributed by atoms with Gasteiger partial charge in [0.1, 0.15) is 12.1 Å². The normalized spacial score (nSPS) is 10.7. The van der Waals surface area contributed by atoms with Gasteiger partial charge in [0, 0.05) is 12.6 Å². The fraction of sp³-hybridized carbons (Fsp3) is 0.333. The van der Waals surface area contributed by atoms with Gasteiger partial charge in [-0.25, -0.2) is 14.2 Å². The number of aromatic nitrogens is 2. The minimum Gasteiger partial charge on any atom is -0.337 e. The molecule has 0 bridgehead atoms. The highest BCUT2D eigenvalue weighted by Gasteiger charge is 2.09. The first-order valence-corrected chi connectivity index (χ1v) is 5.63. The number of carbonyl (C=O) groups is 1. The summed E-state index contributed by atoms with van der Waals surface area (Å²) in [5.41, 5.74) is 1.09. The van der Waals surface area contributed by atoms with Crippen LogP contribution in [0.25, 0.3) is 11.0 Å². The lowest BCUT2D eigenvalue weighted by Crippen LogP contribution is -2.28. The smallest absolute Gasteiger partial charge is 0.327 e. The maximum Gasteiger partial charge on any atom is 0.327 e. The molecule has 0 radical (unpaired) electrons. The first-order valence-electron chi connectivity index (χ1n) is 5.63. The lowest BCUT2D eigenvalue weighted by atomic mass is 10.3. The third-order valence-corrected chi connectivity index (χ3v) is 2.53. The van der Waals surface area contributed by atoms with Crippen molar-refractivity contribution in [2.24, 2.45) is 0 Å². The van der Waals surface area contributed by atoms with Crippen LogP contribution in [0, 0.1) is 5.82 Å². The zero-order chi connectivity index (χ0) is 12.3. The number of nitrogens with one attached hydrogen (secondary N) is 1. The Kier molecular flexibility index (Phi) is 3.37. The summed E-state index contributed by atoms with van der Waals surface area (Å²) in [5, 5.41) is 2.76. The van der Waals surface area contributed by atoms with Crippen LogP contribution in [0.3, 0.4) is 0 Å². The van der Waals surface area contributed by atoms with Crippen LogP contribution < -0.4 is 5.32 Å². The van der Waals surface area contributed by atoms with E-state index in [0.717, 1.165) is 12.8 Å². The summed E-state index contributed by atoms with van der Waals surface area (Å²) < 4.78 is 14.4. The molecule has 2 aromatic rings. The van der Waals surface area contributed by atoms with Gasteiger partial charge in [0.15, 0.2) is 0 Å². The lowest BCUT2D eigenvalue weighted by molar-refractivity contribution is 0.243. The molecule has 0 saturated heterocycles. The third kappa shape index (κ3) is 2.43. The molecule has 0 atom stereocenters. The highest BCUT2D eigenvalue weighted by Crippen LogP contribution is 2.13. The van der Waals surface area contributed by atoms with Crippen molar-refractivity contribution in [1.29, 1.82) is 0 Å². The van der Waals surface area contributed by atoms with Gasteiger partial charge in [0.25, 0.3) is 0 Å². The standard InChI is InChI=1S/C12H14FN3O/c1-2-3-6-14-12(17)16-8-15-10-5-4-9(13)7-11(10)16/h4-5,7-8H,2-3,6H2,1H3,(H,14,17). The Labute approximate surface area is 98.5 Å². The molecule has 0 aliphatic heterocycles. The first-order chi connectivity index (χ1) is 8.22. The zero-order valence-electron chi connectivity index (χ0n) is 9.61. The van der Waals surface area contributed by atoms with Crippen molar-refractivity contribution in [3.63, 3.8) is 0 Å². The maximum atomic E-state index is 13.1. The Bertz CT molecular complexity index is 536. The highest BCUT2D eigenvalue weighted by molar-refractivity contribution is 5.89. The molecule has 1 aromatic heterocycles. The summed E-state index contributed by atoms with van der Waals surface area (Å²) >= 11 is 0. The van der Waals surface area contributed by atoms with Crippen molar-refractivity contribution in [3.05, 3.63) is 30.3 Å². The van der Waals surface area contributed by atoms with Crippen molar-refractivity contribution >= 4 is 17.1 Å². The predicted octanol–water partition coefficient (Wildman–Crippen LogP) is 2.53. The summed E-state index contributed by atoms with van der Waals surface area (Å²) in [6, 6.07) is 3.92. The number of amides is 1. The number of fused-ring (bicyclic) bond motifs is 1. The third-order valence-electron chi connectivity index (χ3n) is 2.53. The molecule has 1 N–H and O–H groups in total. The summed E-state index contributed by atoms with van der Waals surface area (Å²) in [7, 11) is 0. The van der Waals surface area contributed by atoms with Crippen LogP contribution in [0.15, 0.2) is 24.5 Å². The van der Waals surface area contributed by atoms with Gasteiger partial charge >= 0.3 is 6.03 Å². The van der Waals surface area contributed by atoms with E-state index in [2.05, 4.69) is 10.3 Å². The fourth-order valence-electron chi connectivity index (χ4n) is 1.60. The van der Waals surface area contributed by atoms with E-state index in [-0.39, 0.29) is 11.8 Å².